The number of carboxylic acid groups (broad SMARTS) is 1. The number of aliphatic carboxylic acids is 1. The van der Waals surface area contributed by atoms with E-state index in [0.717, 1.165) is 19.6 Å². The minimum absolute atomic E-state index is 0.0263. The normalized spacial score (nSPS) is 32.0. The molecular formula is C10H19NO3. The van der Waals surface area contributed by atoms with Gasteiger partial charge in [0.1, 0.15) is 0 Å². The summed E-state index contributed by atoms with van der Waals surface area (Å²) < 4.78 is 5.47. The summed E-state index contributed by atoms with van der Waals surface area (Å²) in [7, 11) is 0. The number of nitrogens with one attached hydrogen (secondary N) is 1. The maximum Gasteiger partial charge on any atom is 0.303 e. The molecule has 0 spiro atoms. The predicted molar refractivity (Wildman–Crippen MR) is 53.3 cm³/mol. The Morgan fingerprint density at radius 1 is 1.71 bits per heavy atom. The van der Waals surface area contributed by atoms with Crippen LogP contribution in [0.15, 0.2) is 0 Å². The van der Waals surface area contributed by atoms with Gasteiger partial charge in [0.15, 0.2) is 0 Å². The maximum absolute atomic E-state index is 10.3. The molecule has 1 aliphatic rings. The van der Waals surface area contributed by atoms with Crippen LogP contribution in [0.1, 0.15) is 33.1 Å². The minimum Gasteiger partial charge on any atom is -0.481 e. The van der Waals surface area contributed by atoms with E-state index in [1.807, 2.05) is 0 Å². The molecule has 1 heterocycles. The first-order chi connectivity index (χ1) is 6.54. The zero-order chi connectivity index (χ0) is 10.6. The monoisotopic (exact) mass is 201 g/mol. The first kappa shape index (κ1) is 11.5. The van der Waals surface area contributed by atoms with E-state index in [1.54, 1.807) is 0 Å². The fraction of sp³-hybridized carbons (Fsp3) is 0.900. The van der Waals surface area contributed by atoms with Crippen molar-refractivity contribution in [3.05, 3.63) is 0 Å². The molecule has 82 valence electrons. The van der Waals surface area contributed by atoms with E-state index >= 15 is 0 Å². The SMILES string of the molecule is CC1OCCC1(C)NCCCC(=O)O. The molecule has 2 N–H and O–H groups in total. The van der Waals surface area contributed by atoms with E-state index in [1.165, 1.54) is 0 Å². The van der Waals surface area contributed by atoms with Crippen LogP contribution in [0.2, 0.25) is 0 Å². The van der Waals surface area contributed by atoms with Gasteiger partial charge in [-0.05, 0) is 33.2 Å². The molecule has 4 heteroatoms. The molecule has 0 saturated carbocycles. The average molecular weight is 201 g/mol. The van der Waals surface area contributed by atoms with Crippen molar-refractivity contribution in [2.24, 2.45) is 0 Å². The molecule has 14 heavy (non-hydrogen) atoms. The molecule has 0 aromatic carbocycles. The Labute approximate surface area is 84.6 Å². The van der Waals surface area contributed by atoms with E-state index in [2.05, 4.69) is 19.2 Å². The van der Waals surface area contributed by atoms with Crippen LogP contribution in [0.3, 0.4) is 0 Å². The van der Waals surface area contributed by atoms with Crippen LogP contribution in [0.4, 0.5) is 0 Å². The third kappa shape index (κ3) is 2.96. The Kier molecular flexibility index (Phi) is 3.89. The van der Waals surface area contributed by atoms with Gasteiger partial charge in [0, 0.05) is 18.6 Å². The molecule has 0 bridgehead atoms. The topological polar surface area (TPSA) is 58.6 Å². The lowest BCUT2D eigenvalue weighted by Gasteiger charge is -2.28. The Morgan fingerprint density at radius 2 is 2.43 bits per heavy atom. The number of rotatable bonds is 5. The lowest BCUT2D eigenvalue weighted by Crippen LogP contribution is -2.48. The highest BCUT2D eigenvalue weighted by Crippen LogP contribution is 2.24. The smallest absolute Gasteiger partial charge is 0.303 e. The first-order valence-electron chi connectivity index (χ1n) is 5.13. The van der Waals surface area contributed by atoms with E-state index < -0.39 is 5.97 Å². The number of hydrogen-bond donors (Lipinski definition) is 2. The molecule has 2 unspecified atom stereocenters. The molecule has 0 radical (unpaired) electrons. The third-order valence-corrected chi connectivity index (χ3v) is 2.98. The summed E-state index contributed by atoms with van der Waals surface area (Å²) in [4.78, 5) is 10.3. The molecule has 1 aliphatic heterocycles. The van der Waals surface area contributed by atoms with E-state index in [4.69, 9.17) is 9.84 Å². The maximum atomic E-state index is 10.3. The number of carbonyl (C=O) groups is 1. The minimum atomic E-state index is -0.729. The van der Waals surface area contributed by atoms with Gasteiger partial charge in [-0.2, -0.15) is 0 Å². The fourth-order valence-electron chi connectivity index (χ4n) is 1.68. The predicted octanol–water partition coefficient (Wildman–Crippen LogP) is 1.01. The van der Waals surface area contributed by atoms with Gasteiger partial charge in [0.25, 0.3) is 0 Å². The first-order valence-corrected chi connectivity index (χ1v) is 5.13. The Morgan fingerprint density at radius 3 is 2.93 bits per heavy atom. The highest BCUT2D eigenvalue weighted by Gasteiger charge is 2.35. The van der Waals surface area contributed by atoms with Gasteiger partial charge >= 0.3 is 5.97 Å². The summed E-state index contributed by atoms with van der Waals surface area (Å²) in [5, 5.41) is 11.8. The van der Waals surface area contributed by atoms with Crippen molar-refractivity contribution in [1.29, 1.82) is 0 Å². The van der Waals surface area contributed by atoms with Crippen molar-refractivity contribution in [2.75, 3.05) is 13.2 Å². The highest BCUT2D eigenvalue weighted by atomic mass is 16.5. The third-order valence-electron chi connectivity index (χ3n) is 2.98. The van der Waals surface area contributed by atoms with Crippen LogP contribution in [-0.4, -0.2) is 35.9 Å². The molecule has 1 saturated heterocycles. The summed E-state index contributed by atoms with van der Waals surface area (Å²) in [6.45, 7) is 5.72. The molecule has 4 nitrogen and oxygen atoms in total. The van der Waals surface area contributed by atoms with Gasteiger partial charge in [0.2, 0.25) is 0 Å². The summed E-state index contributed by atoms with van der Waals surface area (Å²) in [5.41, 5.74) is 0.0263. The number of hydrogen-bond acceptors (Lipinski definition) is 3. The van der Waals surface area contributed by atoms with E-state index in [0.29, 0.717) is 6.42 Å². The molecule has 0 aliphatic carbocycles. The summed E-state index contributed by atoms with van der Waals surface area (Å²) in [6, 6.07) is 0. The molecule has 1 fully saturated rings. The molecule has 0 aromatic heterocycles. The van der Waals surface area contributed by atoms with Gasteiger partial charge in [0.05, 0.1) is 6.10 Å². The van der Waals surface area contributed by atoms with Crippen LogP contribution in [0, 0.1) is 0 Å². The summed E-state index contributed by atoms with van der Waals surface area (Å²) >= 11 is 0. The molecule has 0 aromatic rings. The number of carboxylic acids is 1. The Balaban J connectivity index is 2.20. The molecule has 1 rings (SSSR count). The van der Waals surface area contributed by atoms with Crippen molar-refractivity contribution in [1.82, 2.24) is 5.32 Å². The zero-order valence-electron chi connectivity index (χ0n) is 8.88. The van der Waals surface area contributed by atoms with Gasteiger partial charge in [-0.15, -0.1) is 0 Å². The van der Waals surface area contributed by atoms with Gasteiger partial charge < -0.3 is 15.2 Å². The van der Waals surface area contributed by atoms with Gasteiger partial charge in [-0.1, -0.05) is 0 Å². The lowest BCUT2D eigenvalue weighted by molar-refractivity contribution is -0.137. The second-order valence-corrected chi connectivity index (χ2v) is 4.10. The Hall–Kier alpha value is -0.610. The van der Waals surface area contributed by atoms with Crippen LogP contribution in [0.5, 0.6) is 0 Å². The molecular weight excluding hydrogens is 182 g/mol. The molecule has 2 atom stereocenters. The van der Waals surface area contributed by atoms with Crippen molar-refractivity contribution >= 4 is 5.97 Å². The molecule has 0 amide bonds. The summed E-state index contributed by atoms with van der Waals surface area (Å²) in [5.74, 6) is -0.729. The lowest BCUT2D eigenvalue weighted by atomic mass is 9.94. The van der Waals surface area contributed by atoms with Crippen molar-refractivity contribution in [3.63, 3.8) is 0 Å². The van der Waals surface area contributed by atoms with Crippen LogP contribution in [0.25, 0.3) is 0 Å². The van der Waals surface area contributed by atoms with E-state index in [-0.39, 0.29) is 18.1 Å². The quantitative estimate of drug-likeness (QED) is 0.652. The van der Waals surface area contributed by atoms with Gasteiger partial charge in [-0.3, -0.25) is 4.79 Å². The second-order valence-electron chi connectivity index (χ2n) is 4.10. The van der Waals surface area contributed by atoms with Crippen LogP contribution < -0.4 is 5.32 Å². The summed E-state index contributed by atoms with van der Waals surface area (Å²) in [6.07, 6.45) is 2.13. The largest absolute Gasteiger partial charge is 0.481 e. The standard InChI is InChI=1S/C10H19NO3/c1-8-10(2,5-7-14-8)11-6-3-4-9(12)13/h8,11H,3-7H2,1-2H3,(H,12,13). The Bertz CT molecular complexity index is 208. The van der Waals surface area contributed by atoms with Crippen LogP contribution in [-0.2, 0) is 9.53 Å². The second kappa shape index (κ2) is 4.75. The van der Waals surface area contributed by atoms with Crippen molar-refractivity contribution in [3.8, 4) is 0 Å². The fourth-order valence-corrected chi connectivity index (χ4v) is 1.68. The number of ether oxygens (including phenoxy) is 1. The highest BCUT2D eigenvalue weighted by molar-refractivity contribution is 5.66. The van der Waals surface area contributed by atoms with Crippen molar-refractivity contribution < 1.29 is 14.6 Å². The van der Waals surface area contributed by atoms with Crippen LogP contribution >= 0.6 is 0 Å². The van der Waals surface area contributed by atoms with E-state index in [9.17, 15) is 4.79 Å². The zero-order valence-corrected chi connectivity index (χ0v) is 8.88. The van der Waals surface area contributed by atoms with Crippen molar-refractivity contribution in [2.45, 2.75) is 44.8 Å². The average Bonchev–Trinajstić information content (AvgIpc) is 2.42. The van der Waals surface area contributed by atoms with Gasteiger partial charge in [-0.25, -0.2) is 0 Å².